The van der Waals surface area contributed by atoms with Crippen LogP contribution in [0.15, 0.2) is 48.5 Å². The molecule has 0 aromatic heterocycles. The van der Waals surface area contributed by atoms with Gasteiger partial charge in [0.25, 0.3) is 0 Å². The van der Waals surface area contributed by atoms with Crippen LogP contribution in [0.2, 0.25) is 0 Å². The molecule has 25 heavy (non-hydrogen) atoms. The van der Waals surface area contributed by atoms with Gasteiger partial charge in [0, 0.05) is 6.42 Å². The maximum absolute atomic E-state index is 12.9. The highest BCUT2D eigenvalue weighted by Gasteiger charge is 2.37. The van der Waals surface area contributed by atoms with Crippen molar-refractivity contribution in [2.24, 2.45) is 5.73 Å². The average molecular weight is 363 g/mol. The van der Waals surface area contributed by atoms with Crippen LogP contribution in [-0.2, 0) is 18.8 Å². The zero-order valence-corrected chi connectivity index (χ0v) is 12.8. The average Bonchev–Trinajstić information content (AvgIpc) is 2.53. The molecule has 0 aliphatic heterocycles. The van der Waals surface area contributed by atoms with Gasteiger partial charge in [-0.05, 0) is 29.3 Å². The van der Waals surface area contributed by atoms with E-state index in [9.17, 15) is 31.4 Å². The summed E-state index contributed by atoms with van der Waals surface area (Å²) in [5, 5.41) is 10.1. The van der Waals surface area contributed by atoms with E-state index in [2.05, 4.69) is 0 Å². The van der Waals surface area contributed by atoms with Crippen LogP contribution in [0, 0.1) is 0 Å². The van der Waals surface area contributed by atoms with Gasteiger partial charge in [-0.15, -0.1) is 0 Å². The molecule has 2 aromatic carbocycles. The van der Waals surface area contributed by atoms with Gasteiger partial charge in [0.2, 0.25) is 0 Å². The van der Waals surface area contributed by atoms with Crippen LogP contribution in [0.1, 0.15) is 28.3 Å². The SMILES string of the molecule is N[C@@H](c1cc(C(F)(F)F)cc(C(F)(F)F)c1)[C@H](O)Cc1ccccc1. The van der Waals surface area contributed by atoms with Gasteiger partial charge in [-0.3, -0.25) is 0 Å². The molecule has 0 heterocycles. The smallest absolute Gasteiger partial charge is 0.391 e. The number of hydrogen-bond acceptors (Lipinski definition) is 2. The van der Waals surface area contributed by atoms with Crippen molar-refractivity contribution < 1.29 is 31.4 Å². The molecule has 3 N–H and O–H groups in total. The van der Waals surface area contributed by atoms with Gasteiger partial charge in [0.05, 0.1) is 23.3 Å². The topological polar surface area (TPSA) is 46.2 Å². The molecule has 0 aliphatic carbocycles. The normalized spacial score (nSPS) is 15.0. The second-order valence-corrected chi connectivity index (χ2v) is 5.62. The molecule has 2 aromatic rings. The molecule has 0 amide bonds. The fourth-order valence-corrected chi connectivity index (χ4v) is 2.38. The van der Waals surface area contributed by atoms with E-state index in [0.717, 1.165) is 0 Å². The van der Waals surface area contributed by atoms with E-state index in [0.29, 0.717) is 17.7 Å². The Labute approximate surface area is 139 Å². The molecule has 0 unspecified atom stereocenters. The third-order valence-electron chi connectivity index (χ3n) is 3.70. The molecule has 0 radical (unpaired) electrons. The molecule has 8 heteroatoms. The first-order chi connectivity index (χ1) is 11.5. The molecule has 0 spiro atoms. The Kier molecular flexibility index (Phi) is 5.43. The van der Waals surface area contributed by atoms with E-state index >= 15 is 0 Å². The summed E-state index contributed by atoms with van der Waals surface area (Å²) in [5.74, 6) is 0. The Morgan fingerprint density at radius 3 is 1.76 bits per heavy atom. The summed E-state index contributed by atoms with van der Waals surface area (Å²) in [6.45, 7) is 0. The van der Waals surface area contributed by atoms with Gasteiger partial charge in [-0.2, -0.15) is 26.3 Å². The molecule has 0 bridgehead atoms. The number of halogens is 6. The van der Waals surface area contributed by atoms with Crippen LogP contribution in [0.5, 0.6) is 0 Å². The lowest BCUT2D eigenvalue weighted by Gasteiger charge is -2.22. The summed E-state index contributed by atoms with van der Waals surface area (Å²) in [4.78, 5) is 0. The van der Waals surface area contributed by atoms with Gasteiger partial charge < -0.3 is 10.8 Å². The highest BCUT2D eigenvalue weighted by molar-refractivity contribution is 5.36. The predicted octanol–water partition coefficient (Wildman–Crippen LogP) is 4.33. The first kappa shape index (κ1) is 19.3. The minimum atomic E-state index is -4.96. The fraction of sp³-hybridized carbons (Fsp3) is 0.294. The minimum Gasteiger partial charge on any atom is -0.391 e. The highest BCUT2D eigenvalue weighted by Crippen LogP contribution is 2.37. The molecule has 0 saturated heterocycles. The standard InChI is InChI=1S/C17H15F6NO/c18-16(19,20)12-7-11(8-13(9-12)17(21,22)23)15(24)14(25)6-10-4-2-1-3-5-10/h1-5,7-9,14-15,25H,6,24H2/t14-,15+/m1/s1. The number of aliphatic hydroxyl groups is 1. The zero-order valence-electron chi connectivity index (χ0n) is 12.8. The van der Waals surface area contributed by atoms with Crippen molar-refractivity contribution in [2.75, 3.05) is 0 Å². The first-order valence-corrected chi connectivity index (χ1v) is 7.25. The van der Waals surface area contributed by atoms with Crippen molar-refractivity contribution in [1.82, 2.24) is 0 Å². The van der Waals surface area contributed by atoms with Crippen molar-refractivity contribution in [1.29, 1.82) is 0 Å². The van der Waals surface area contributed by atoms with Crippen LogP contribution in [0.3, 0.4) is 0 Å². The third-order valence-corrected chi connectivity index (χ3v) is 3.70. The summed E-state index contributed by atoms with van der Waals surface area (Å²) < 4.78 is 77.3. The largest absolute Gasteiger partial charge is 0.416 e. The van der Waals surface area contributed by atoms with Crippen LogP contribution in [0.25, 0.3) is 0 Å². The van der Waals surface area contributed by atoms with E-state index in [1.54, 1.807) is 30.3 Å². The zero-order chi connectivity index (χ0) is 18.8. The number of rotatable bonds is 4. The number of hydrogen-bond donors (Lipinski definition) is 2. The van der Waals surface area contributed by atoms with Crippen LogP contribution in [0.4, 0.5) is 26.3 Å². The van der Waals surface area contributed by atoms with E-state index in [-0.39, 0.29) is 12.5 Å². The predicted molar refractivity (Wildman–Crippen MR) is 79.5 cm³/mol. The van der Waals surface area contributed by atoms with E-state index < -0.39 is 41.2 Å². The maximum Gasteiger partial charge on any atom is 0.416 e. The van der Waals surface area contributed by atoms with Gasteiger partial charge in [0.1, 0.15) is 0 Å². The molecule has 2 rings (SSSR count). The summed E-state index contributed by atoms with van der Waals surface area (Å²) >= 11 is 0. The molecule has 2 atom stereocenters. The van der Waals surface area contributed by atoms with E-state index in [1.807, 2.05) is 0 Å². The molecule has 2 nitrogen and oxygen atoms in total. The lowest BCUT2D eigenvalue weighted by atomic mass is 9.93. The van der Waals surface area contributed by atoms with Gasteiger partial charge in [0.15, 0.2) is 0 Å². The van der Waals surface area contributed by atoms with Gasteiger partial charge in [-0.25, -0.2) is 0 Å². The number of aliphatic hydroxyl groups excluding tert-OH is 1. The summed E-state index contributed by atoms with van der Waals surface area (Å²) in [5.41, 5.74) is 3.04. The van der Waals surface area contributed by atoms with Gasteiger partial charge in [-0.1, -0.05) is 30.3 Å². The third kappa shape index (κ3) is 4.96. The Morgan fingerprint density at radius 1 is 0.840 bits per heavy atom. The lowest BCUT2D eigenvalue weighted by molar-refractivity contribution is -0.143. The second-order valence-electron chi connectivity index (χ2n) is 5.62. The Morgan fingerprint density at radius 2 is 1.32 bits per heavy atom. The molecular formula is C17H15F6NO. The van der Waals surface area contributed by atoms with Gasteiger partial charge >= 0.3 is 12.4 Å². The molecule has 0 saturated carbocycles. The molecular weight excluding hydrogens is 348 g/mol. The van der Waals surface area contributed by atoms with Crippen molar-refractivity contribution in [3.63, 3.8) is 0 Å². The number of benzene rings is 2. The molecule has 0 aliphatic rings. The molecule has 136 valence electrons. The monoisotopic (exact) mass is 363 g/mol. The molecule has 0 fully saturated rings. The van der Waals surface area contributed by atoms with Crippen molar-refractivity contribution in [3.05, 3.63) is 70.8 Å². The van der Waals surface area contributed by atoms with Crippen molar-refractivity contribution in [2.45, 2.75) is 30.9 Å². The van der Waals surface area contributed by atoms with E-state index in [4.69, 9.17) is 5.73 Å². The fourth-order valence-electron chi connectivity index (χ4n) is 2.38. The Hall–Kier alpha value is -2.06. The van der Waals surface area contributed by atoms with Crippen LogP contribution < -0.4 is 5.73 Å². The lowest BCUT2D eigenvalue weighted by Crippen LogP contribution is -2.29. The van der Waals surface area contributed by atoms with Crippen LogP contribution in [-0.4, -0.2) is 11.2 Å². The first-order valence-electron chi connectivity index (χ1n) is 7.25. The highest BCUT2D eigenvalue weighted by atomic mass is 19.4. The Bertz CT molecular complexity index is 679. The number of nitrogens with two attached hydrogens (primary N) is 1. The summed E-state index contributed by atoms with van der Waals surface area (Å²) in [6.07, 6.45) is -11.3. The van der Waals surface area contributed by atoms with Crippen molar-refractivity contribution in [3.8, 4) is 0 Å². The number of alkyl halides is 6. The van der Waals surface area contributed by atoms with E-state index in [1.165, 1.54) is 0 Å². The summed E-state index contributed by atoms with van der Waals surface area (Å²) in [6, 6.07) is 8.16. The quantitative estimate of drug-likeness (QED) is 0.795. The maximum atomic E-state index is 12.9. The Balaban J connectivity index is 2.36. The minimum absolute atomic E-state index is 0.000394. The van der Waals surface area contributed by atoms with Crippen LogP contribution >= 0.6 is 0 Å². The second kappa shape index (κ2) is 7.05. The van der Waals surface area contributed by atoms with Crippen molar-refractivity contribution >= 4 is 0 Å². The summed E-state index contributed by atoms with van der Waals surface area (Å²) in [7, 11) is 0.